The molecule has 2 aromatic heterocycles. The molecule has 1 N–H and O–H groups in total. The second kappa shape index (κ2) is 3.78. The quantitative estimate of drug-likeness (QED) is 0.766. The molecule has 2 aromatic rings. The van der Waals surface area contributed by atoms with Crippen molar-refractivity contribution in [2.45, 2.75) is 26.2 Å². The summed E-state index contributed by atoms with van der Waals surface area (Å²) in [5.74, 6) is 0.713. The van der Waals surface area contributed by atoms with Crippen LogP contribution in [0.4, 0.5) is 0 Å². The number of rotatable bonds is 1. The van der Waals surface area contributed by atoms with Crippen LogP contribution in [0.2, 0.25) is 0 Å². The molecule has 1 atom stereocenters. The van der Waals surface area contributed by atoms with Crippen LogP contribution in [0.25, 0.3) is 16.5 Å². The van der Waals surface area contributed by atoms with Gasteiger partial charge in [0.2, 0.25) is 0 Å². The molecule has 0 bridgehead atoms. The molecule has 0 aromatic carbocycles. The number of hydrogen-bond donors (Lipinski definition) is 1. The Labute approximate surface area is 95.4 Å². The first-order valence-corrected chi connectivity index (χ1v) is 5.97. The van der Waals surface area contributed by atoms with Crippen LogP contribution in [0.3, 0.4) is 0 Å². The van der Waals surface area contributed by atoms with Crippen LogP contribution in [-0.2, 0) is 0 Å². The van der Waals surface area contributed by atoms with Crippen molar-refractivity contribution in [2.24, 2.45) is 5.92 Å². The summed E-state index contributed by atoms with van der Waals surface area (Å²) in [5.41, 5.74) is 4.01. The van der Waals surface area contributed by atoms with E-state index >= 15 is 0 Å². The highest BCUT2D eigenvalue weighted by Gasteiger charge is 2.14. The number of aromatic amines is 1. The van der Waals surface area contributed by atoms with E-state index in [9.17, 15) is 0 Å². The second-order valence-electron chi connectivity index (χ2n) is 4.69. The summed E-state index contributed by atoms with van der Waals surface area (Å²) in [4.78, 5) is 7.53. The minimum atomic E-state index is 0.713. The molecule has 1 unspecified atom stereocenters. The van der Waals surface area contributed by atoms with Crippen LogP contribution >= 0.6 is 0 Å². The first-order chi connectivity index (χ1) is 7.84. The van der Waals surface area contributed by atoms with Crippen molar-refractivity contribution >= 4 is 16.5 Å². The zero-order valence-electron chi connectivity index (χ0n) is 9.53. The highest BCUT2D eigenvalue weighted by atomic mass is 14.7. The van der Waals surface area contributed by atoms with Crippen LogP contribution in [0.5, 0.6) is 0 Å². The molecular formula is C14H16N2. The molecule has 2 nitrogen and oxygen atoms in total. The molecule has 3 rings (SSSR count). The fourth-order valence-electron chi connectivity index (χ4n) is 2.58. The number of pyridine rings is 1. The van der Waals surface area contributed by atoms with Crippen LogP contribution < -0.4 is 0 Å². The largest absolute Gasteiger partial charge is 0.360 e. The molecule has 0 radical (unpaired) electrons. The number of aromatic nitrogens is 2. The third-order valence-electron chi connectivity index (χ3n) is 3.42. The predicted octanol–water partition coefficient (Wildman–Crippen LogP) is 3.77. The molecule has 16 heavy (non-hydrogen) atoms. The zero-order valence-corrected chi connectivity index (χ0v) is 9.53. The van der Waals surface area contributed by atoms with Gasteiger partial charge in [-0.1, -0.05) is 13.0 Å². The van der Waals surface area contributed by atoms with Crippen molar-refractivity contribution in [1.29, 1.82) is 0 Å². The van der Waals surface area contributed by atoms with Gasteiger partial charge in [0.25, 0.3) is 0 Å². The molecule has 0 saturated carbocycles. The van der Waals surface area contributed by atoms with E-state index in [0.29, 0.717) is 5.92 Å². The lowest BCUT2D eigenvalue weighted by molar-refractivity contribution is 0.593. The maximum absolute atomic E-state index is 4.21. The molecule has 0 fully saturated rings. The van der Waals surface area contributed by atoms with Crippen LogP contribution in [0.15, 0.2) is 30.7 Å². The molecule has 1 aliphatic rings. The Morgan fingerprint density at radius 2 is 2.38 bits per heavy atom. The van der Waals surface area contributed by atoms with Crippen molar-refractivity contribution < 1.29 is 0 Å². The molecule has 1 aliphatic carbocycles. The van der Waals surface area contributed by atoms with Crippen LogP contribution in [-0.4, -0.2) is 9.97 Å². The third-order valence-corrected chi connectivity index (χ3v) is 3.42. The SMILES string of the molecule is CC1C=C(c2c[nH]c3ccncc23)CCC1. The molecule has 0 aliphatic heterocycles. The Balaban J connectivity index is 2.12. The lowest BCUT2D eigenvalue weighted by atomic mass is 9.88. The molecule has 0 amide bonds. The minimum Gasteiger partial charge on any atom is -0.360 e. The van der Waals surface area contributed by atoms with Crippen molar-refractivity contribution in [2.75, 3.05) is 0 Å². The van der Waals surface area contributed by atoms with Gasteiger partial charge in [-0.15, -0.1) is 0 Å². The van der Waals surface area contributed by atoms with E-state index in [0.717, 1.165) is 0 Å². The summed E-state index contributed by atoms with van der Waals surface area (Å²) >= 11 is 0. The number of H-pyrrole nitrogens is 1. The summed E-state index contributed by atoms with van der Waals surface area (Å²) < 4.78 is 0. The lowest BCUT2D eigenvalue weighted by Crippen LogP contribution is -1.99. The van der Waals surface area contributed by atoms with Crippen molar-refractivity contribution in [1.82, 2.24) is 9.97 Å². The topological polar surface area (TPSA) is 28.7 Å². The summed E-state index contributed by atoms with van der Waals surface area (Å²) in [6.07, 6.45) is 12.2. The summed E-state index contributed by atoms with van der Waals surface area (Å²) in [5, 5.41) is 1.25. The van der Waals surface area contributed by atoms with Crippen molar-refractivity contribution in [3.05, 3.63) is 36.3 Å². The van der Waals surface area contributed by atoms with Gasteiger partial charge >= 0.3 is 0 Å². The Morgan fingerprint density at radius 3 is 3.25 bits per heavy atom. The minimum absolute atomic E-state index is 0.713. The normalized spacial score (nSPS) is 21.1. The van der Waals surface area contributed by atoms with Crippen LogP contribution in [0.1, 0.15) is 31.7 Å². The van der Waals surface area contributed by atoms with E-state index < -0.39 is 0 Å². The van der Waals surface area contributed by atoms with Gasteiger partial charge in [0.05, 0.1) is 0 Å². The second-order valence-corrected chi connectivity index (χ2v) is 4.69. The van der Waals surface area contributed by atoms with E-state index in [1.807, 2.05) is 18.5 Å². The average molecular weight is 212 g/mol. The van der Waals surface area contributed by atoms with Gasteiger partial charge in [0.1, 0.15) is 0 Å². The summed E-state index contributed by atoms with van der Waals surface area (Å²) in [6.45, 7) is 2.30. The van der Waals surface area contributed by atoms with Gasteiger partial charge < -0.3 is 4.98 Å². The average Bonchev–Trinajstić information content (AvgIpc) is 2.72. The van der Waals surface area contributed by atoms with Crippen LogP contribution in [0, 0.1) is 5.92 Å². The first kappa shape index (κ1) is 9.64. The monoisotopic (exact) mass is 212 g/mol. The zero-order chi connectivity index (χ0) is 11.0. The van der Waals surface area contributed by atoms with E-state index in [1.54, 1.807) is 0 Å². The summed E-state index contributed by atoms with van der Waals surface area (Å²) in [7, 11) is 0. The van der Waals surface area contributed by atoms with Gasteiger partial charge in [-0.25, -0.2) is 0 Å². The van der Waals surface area contributed by atoms with Crippen molar-refractivity contribution in [3.8, 4) is 0 Å². The first-order valence-electron chi connectivity index (χ1n) is 5.97. The van der Waals surface area contributed by atoms with Gasteiger partial charge in [-0.05, 0) is 36.8 Å². The molecular weight excluding hydrogens is 196 g/mol. The van der Waals surface area contributed by atoms with E-state index in [1.165, 1.54) is 41.3 Å². The maximum atomic E-state index is 4.21. The Hall–Kier alpha value is -1.57. The molecule has 0 saturated heterocycles. The molecule has 2 heterocycles. The Morgan fingerprint density at radius 1 is 1.44 bits per heavy atom. The number of allylic oxidation sites excluding steroid dienone is 2. The number of nitrogens with one attached hydrogen (secondary N) is 1. The van der Waals surface area contributed by atoms with E-state index in [2.05, 4.69) is 29.2 Å². The standard InChI is InChI=1S/C14H16N2/c1-10-3-2-4-11(7-10)12-9-16-14-5-6-15-8-13(12)14/h5-10,16H,2-4H2,1H3. The molecule has 2 heteroatoms. The Kier molecular flexibility index (Phi) is 2.28. The van der Waals surface area contributed by atoms with E-state index in [-0.39, 0.29) is 0 Å². The number of hydrogen-bond acceptors (Lipinski definition) is 1. The predicted molar refractivity (Wildman–Crippen MR) is 67.1 cm³/mol. The highest BCUT2D eigenvalue weighted by molar-refractivity contribution is 5.92. The van der Waals surface area contributed by atoms with Gasteiger partial charge in [0, 0.05) is 35.1 Å². The Bertz CT molecular complexity index is 536. The lowest BCUT2D eigenvalue weighted by Gasteiger charge is -2.17. The van der Waals surface area contributed by atoms with Gasteiger partial charge in [-0.3, -0.25) is 4.98 Å². The fourth-order valence-corrected chi connectivity index (χ4v) is 2.58. The van der Waals surface area contributed by atoms with E-state index in [4.69, 9.17) is 0 Å². The number of fused-ring (bicyclic) bond motifs is 1. The fraction of sp³-hybridized carbons (Fsp3) is 0.357. The maximum Gasteiger partial charge on any atom is 0.0491 e. The number of nitrogens with zero attached hydrogens (tertiary/aromatic N) is 1. The molecule has 82 valence electrons. The highest BCUT2D eigenvalue weighted by Crippen LogP contribution is 2.33. The summed E-state index contributed by atoms with van der Waals surface area (Å²) in [6, 6.07) is 2.03. The van der Waals surface area contributed by atoms with Gasteiger partial charge in [0.15, 0.2) is 0 Å². The van der Waals surface area contributed by atoms with Gasteiger partial charge in [-0.2, -0.15) is 0 Å². The van der Waals surface area contributed by atoms with Crippen molar-refractivity contribution in [3.63, 3.8) is 0 Å². The molecule has 0 spiro atoms. The third kappa shape index (κ3) is 1.54. The smallest absolute Gasteiger partial charge is 0.0491 e.